The second-order valence-corrected chi connectivity index (χ2v) is 10.5. The maximum absolute atomic E-state index is 13.0. The number of sulfonamides is 1. The minimum atomic E-state index is -3.50. The Bertz CT molecular complexity index is 989. The molecular formula is C21H30N4O3S. The van der Waals surface area contributed by atoms with Gasteiger partial charge in [-0.05, 0) is 56.7 Å². The van der Waals surface area contributed by atoms with Crippen molar-refractivity contribution >= 4 is 21.1 Å². The fraction of sp³-hybridized carbons (Fsp3) is 0.667. The van der Waals surface area contributed by atoms with Crippen molar-refractivity contribution in [2.24, 2.45) is 5.92 Å². The predicted octanol–water partition coefficient (Wildman–Crippen LogP) is 2.45. The van der Waals surface area contributed by atoms with Crippen LogP contribution < -0.4 is 0 Å². The zero-order valence-electron chi connectivity index (χ0n) is 17.1. The first-order chi connectivity index (χ1) is 14.1. The van der Waals surface area contributed by atoms with Crippen LogP contribution in [-0.2, 0) is 27.8 Å². The lowest BCUT2D eigenvalue weighted by Gasteiger charge is -2.26. The number of imidazole rings is 1. The van der Waals surface area contributed by atoms with Crippen LogP contribution >= 0.6 is 0 Å². The first kappa shape index (κ1) is 19.5. The average molecular weight is 419 g/mol. The second kappa shape index (κ2) is 7.65. The number of morpholine rings is 1. The second-order valence-electron chi connectivity index (χ2n) is 8.54. The molecule has 0 N–H and O–H groups in total. The van der Waals surface area contributed by atoms with Gasteiger partial charge in [0.2, 0.25) is 10.0 Å². The van der Waals surface area contributed by atoms with Gasteiger partial charge in [-0.1, -0.05) is 0 Å². The Balaban J connectivity index is 1.45. The molecule has 1 aromatic carbocycles. The third-order valence-corrected chi connectivity index (χ3v) is 8.21. The number of hydrogen-bond acceptors (Lipinski definition) is 5. The van der Waals surface area contributed by atoms with Gasteiger partial charge in [0.1, 0.15) is 5.82 Å². The van der Waals surface area contributed by atoms with Crippen LogP contribution in [0.4, 0.5) is 0 Å². The van der Waals surface area contributed by atoms with Crippen molar-refractivity contribution in [3.63, 3.8) is 0 Å². The summed E-state index contributed by atoms with van der Waals surface area (Å²) >= 11 is 0. The van der Waals surface area contributed by atoms with Gasteiger partial charge in [0.15, 0.2) is 0 Å². The lowest BCUT2D eigenvalue weighted by atomic mass is 10.3. The van der Waals surface area contributed by atoms with Gasteiger partial charge >= 0.3 is 0 Å². The van der Waals surface area contributed by atoms with Gasteiger partial charge in [0, 0.05) is 32.2 Å². The number of ether oxygens (including phenoxy) is 1. The largest absolute Gasteiger partial charge is 0.379 e. The molecule has 2 aliphatic carbocycles. The molecule has 2 saturated carbocycles. The van der Waals surface area contributed by atoms with Crippen LogP contribution in [0.3, 0.4) is 0 Å². The topological polar surface area (TPSA) is 67.7 Å². The molecule has 1 saturated heterocycles. The number of benzene rings is 1. The zero-order chi connectivity index (χ0) is 20.0. The summed E-state index contributed by atoms with van der Waals surface area (Å²) in [6.07, 6.45) is 5.30. The summed E-state index contributed by atoms with van der Waals surface area (Å²) in [5, 5.41) is 0. The van der Waals surface area contributed by atoms with Crippen molar-refractivity contribution in [1.29, 1.82) is 0 Å². The lowest BCUT2D eigenvalue weighted by Crippen LogP contribution is -2.40. The van der Waals surface area contributed by atoms with E-state index in [4.69, 9.17) is 9.72 Å². The Morgan fingerprint density at radius 3 is 2.59 bits per heavy atom. The molecule has 1 aromatic heterocycles. The summed E-state index contributed by atoms with van der Waals surface area (Å²) in [5.41, 5.74) is 1.80. The minimum absolute atomic E-state index is 0.330. The highest BCUT2D eigenvalue weighted by atomic mass is 32.2. The van der Waals surface area contributed by atoms with Gasteiger partial charge in [-0.25, -0.2) is 13.4 Å². The molecule has 0 amide bonds. The van der Waals surface area contributed by atoms with Crippen molar-refractivity contribution in [2.75, 3.05) is 32.8 Å². The van der Waals surface area contributed by atoms with Crippen LogP contribution in [0.1, 0.15) is 38.4 Å². The Kier molecular flexibility index (Phi) is 5.14. The third-order valence-electron chi connectivity index (χ3n) is 6.32. The predicted molar refractivity (Wildman–Crippen MR) is 111 cm³/mol. The summed E-state index contributed by atoms with van der Waals surface area (Å²) in [7, 11) is -3.50. The van der Waals surface area contributed by atoms with Gasteiger partial charge in [0.25, 0.3) is 0 Å². The molecule has 7 nitrogen and oxygen atoms in total. The summed E-state index contributed by atoms with van der Waals surface area (Å²) in [4.78, 5) is 7.82. The number of hydrogen-bond donors (Lipinski definition) is 0. The van der Waals surface area contributed by atoms with Crippen molar-refractivity contribution in [3.05, 3.63) is 24.0 Å². The van der Waals surface area contributed by atoms with Crippen LogP contribution in [0.5, 0.6) is 0 Å². The summed E-state index contributed by atoms with van der Waals surface area (Å²) in [5.74, 6) is 1.91. The minimum Gasteiger partial charge on any atom is -0.379 e. The molecule has 3 fully saturated rings. The smallest absolute Gasteiger partial charge is 0.243 e. The quantitative estimate of drug-likeness (QED) is 0.659. The van der Waals surface area contributed by atoms with E-state index in [0.29, 0.717) is 37.2 Å². The van der Waals surface area contributed by atoms with Crippen molar-refractivity contribution < 1.29 is 13.2 Å². The molecule has 0 unspecified atom stereocenters. The Labute approximate surface area is 172 Å². The van der Waals surface area contributed by atoms with E-state index >= 15 is 0 Å². The van der Waals surface area contributed by atoms with Crippen molar-refractivity contribution in [2.45, 2.75) is 56.6 Å². The number of fused-ring (bicyclic) bond motifs is 1. The highest BCUT2D eigenvalue weighted by Crippen LogP contribution is 2.36. The standard InChI is InChI=1S/C21H30N4O3S/c1-2-25-20-8-7-18(29(26,27)24-9-11-28-12-10-24)13-19(20)22-21(25)15-23(17-5-6-17)14-16-3-4-16/h7-8,13,16-17H,2-6,9-12,14-15H2,1H3. The molecular weight excluding hydrogens is 388 g/mol. The Morgan fingerprint density at radius 2 is 1.93 bits per heavy atom. The van der Waals surface area contributed by atoms with Gasteiger partial charge in [-0.15, -0.1) is 0 Å². The highest BCUT2D eigenvalue weighted by Gasteiger charge is 2.34. The van der Waals surface area contributed by atoms with E-state index in [1.54, 1.807) is 12.1 Å². The monoisotopic (exact) mass is 418 g/mol. The number of aryl methyl sites for hydroxylation is 1. The first-order valence-corrected chi connectivity index (χ1v) is 12.3. The van der Waals surface area contributed by atoms with Gasteiger partial charge in [0.05, 0.1) is 35.7 Å². The summed E-state index contributed by atoms with van der Waals surface area (Å²) in [6, 6.07) is 6.11. The number of nitrogens with zero attached hydrogens (tertiary/aromatic N) is 4. The third kappa shape index (κ3) is 3.95. The van der Waals surface area contributed by atoms with Crippen LogP contribution in [0.15, 0.2) is 23.1 Å². The SMILES string of the molecule is CCn1c(CN(CC2CC2)C2CC2)nc2cc(S(=O)(=O)N3CCOCC3)ccc21. The number of rotatable bonds is 8. The maximum atomic E-state index is 13.0. The van der Waals surface area contributed by atoms with E-state index in [-0.39, 0.29) is 0 Å². The van der Waals surface area contributed by atoms with E-state index in [2.05, 4.69) is 16.4 Å². The molecule has 5 rings (SSSR count). The molecule has 1 aliphatic heterocycles. The highest BCUT2D eigenvalue weighted by molar-refractivity contribution is 7.89. The van der Waals surface area contributed by atoms with Gasteiger partial charge in [-0.3, -0.25) is 4.90 Å². The lowest BCUT2D eigenvalue weighted by molar-refractivity contribution is 0.0730. The first-order valence-electron chi connectivity index (χ1n) is 10.9. The zero-order valence-corrected chi connectivity index (χ0v) is 17.9. The van der Waals surface area contributed by atoms with Crippen molar-refractivity contribution in [1.82, 2.24) is 18.8 Å². The summed E-state index contributed by atoms with van der Waals surface area (Å²) < 4.78 is 35.1. The number of aromatic nitrogens is 2. The van der Waals surface area contributed by atoms with E-state index in [1.165, 1.54) is 36.5 Å². The molecule has 2 heterocycles. The molecule has 29 heavy (non-hydrogen) atoms. The fourth-order valence-corrected chi connectivity index (χ4v) is 5.75. The van der Waals surface area contributed by atoms with Crippen LogP contribution in [0.25, 0.3) is 11.0 Å². The van der Waals surface area contributed by atoms with E-state index in [1.807, 2.05) is 6.07 Å². The fourth-order valence-electron chi connectivity index (χ4n) is 4.33. The average Bonchev–Trinajstić information content (AvgIpc) is 3.65. The normalized spacial score (nSPS) is 21.3. The van der Waals surface area contributed by atoms with E-state index < -0.39 is 10.0 Å². The van der Waals surface area contributed by atoms with Crippen molar-refractivity contribution in [3.8, 4) is 0 Å². The molecule has 8 heteroatoms. The Hall–Kier alpha value is -1.48. The Morgan fingerprint density at radius 1 is 1.17 bits per heavy atom. The van der Waals surface area contributed by atoms with Gasteiger partial charge < -0.3 is 9.30 Å². The molecule has 3 aliphatic rings. The molecule has 2 aromatic rings. The summed E-state index contributed by atoms with van der Waals surface area (Å²) in [6.45, 7) is 6.72. The van der Waals surface area contributed by atoms with Gasteiger partial charge in [-0.2, -0.15) is 4.31 Å². The molecule has 0 bridgehead atoms. The van der Waals surface area contributed by atoms with Crippen LogP contribution in [-0.4, -0.2) is 66.1 Å². The van der Waals surface area contributed by atoms with Crippen LogP contribution in [0.2, 0.25) is 0 Å². The van der Waals surface area contributed by atoms with E-state index in [9.17, 15) is 8.42 Å². The molecule has 158 valence electrons. The maximum Gasteiger partial charge on any atom is 0.243 e. The molecule has 0 atom stereocenters. The molecule has 0 radical (unpaired) electrons. The van der Waals surface area contributed by atoms with E-state index in [0.717, 1.165) is 35.9 Å². The molecule has 0 spiro atoms. The van der Waals surface area contributed by atoms with Crippen LogP contribution in [0, 0.1) is 5.92 Å².